The van der Waals surface area contributed by atoms with Gasteiger partial charge in [0.2, 0.25) is 5.75 Å². The summed E-state index contributed by atoms with van der Waals surface area (Å²) in [6.45, 7) is 3.27. The highest BCUT2D eigenvalue weighted by molar-refractivity contribution is 5.53. The van der Waals surface area contributed by atoms with Crippen molar-refractivity contribution >= 4 is 0 Å². The Morgan fingerprint density at radius 2 is 2.05 bits per heavy atom. The Bertz CT molecular complexity index is 668. The van der Waals surface area contributed by atoms with Crippen molar-refractivity contribution in [2.75, 3.05) is 0 Å². The molecule has 1 aliphatic heterocycles. The summed E-state index contributed by atoms with van der Waals surface area (Å²) in [4.78, 5) is 0. The second kappa shape index (κ2) is 5.25. The molecule has 1 aromatic heterocycles. The van der Waals surface area contributed by atoms with Crippen LogP contribution in [0, 0.1) is 0 Å². The maximum Gasteiger partial charge on any atom is 0.200 e. The molecule has 1 atom stereocenters. The minimum absolute atomic E-state index is 0.0281. The summed E-state index contributed by atoms with van der Waals surface area (Å²) < 4.78 is 2.12. The van der Waals surface area contributed by atoms with Gasteiger partial charge < -0.3 is 25.2 Å². The molecule has 1 aromatic carbocycles. The average molecular weight is 290 g/mol. The fourth-order valence-corrected chi connectivity index (χ4v) is 2.60. The molecule has 4 N–H and O–H groups in total. The number of phenolic OH excluding ortho intramolecular Hbond substituents is 3. The van der Waals surface area contributed by atoms with E-state index in [9.17, 15) is 15.3 Å². The molecule has 7 nitrogen and oxygen atoms in total. The van der Waals surface area contributed by atoms with E-state index < -0.39 is 5.75 Å². The van der Waals surface area contributed by atoms with Crippen LogP contribution in [0.3, 0.4) is 0 Å². The maximum atomic E-state index is 9.79. The Morgan fingerprint density at radius 1 is 1.24 bits per heavy atom. The minimum atomic E-state index is -0.495. The smallest absolute Gasteiger partial charge is 0.200 e. The van der Waals surface area contributed by atoms with Gasteiger partial charge in [0, 0.05) is 25.1 Å². The normalized spacial score (nSPS) is 15.1. The van der Waals surface area contributed by atoms with Crippen molar-refractivity contribution in [1.29, 1.82) is 0 Å². The lowest BCUT2D eigenvalue weighted by atomic mass is 10.1. The molecule has 0 bridgehead atoms. The number of nitrogens with zero attached hydrogens (tertiary/aromatic N) is 3. The first kappa shape index (κ1) is 13.7. The van der Waals surface area contributed by atoms with Gasteiger partial charge in [-0.05, 0) is 19.4 Å². The van der Waals surface area contributed by atoms with Gasteiger partial charge in [0.1, 0.15) is 11.6 Å². The second-order valence-corrected chi connectivity index (χ2v) is 5.27. The molecule has 3 rings (SSSR count). The summed E-state index contributed by atoms with van der Waals surface area (Å²) in [5.41, 5.74) is 0.512. The third-order valence-corrected chi connectivity index (χ3v) is 3.84. The highest BCUT2D eigenvalue weighted by Gasteiger charge is 2.21. The van der Waals surface area contributed by atoms with Crippen LogP contribution in [-0.4, -0.2) is 30.1 Å². The molecular weight excluding hydrogens is 272 g/mol. The Labute approximate surface area is 121 Å². The zero-order valence-corrected chi connectivity index (χ0v) is 11.7. The van der Waals surface area contributed by atoms with Crippen molar-refractivity contribution in [3.8, 4) is 17.2 Å². The molecule has 0 saturated carbocycles. The van der Waals surface area contributed by atoms with Crippen LogP contribution < -0.4 is 5.32 Å². The fourth-order valence-electron chi connectivity index (χ4n) is 2.60. The van der Waals surface area contributed by atoms with Crippen molar-refractivity contribution in [2.45, 2.75) is 38.9 Å². The van der Waals surface area contributed by atoms with Crippen molar-refractivity contribution in [3.63, 3.8) is 0 Å². The number of aromatic nitrogens is 3. The van der Waals surface area contributed by atoms with Crippen molar-refractivity contribution in [1.82, 2.24) is 20.1 Å². The number of rotatable bonds is 4. The summed E-state index contributed by atoms with van der Waals surface area (Å²) in [7, 11) is 0. The highest BCUT2D eigenvalue weighted by atomic mass is 16.3. The van der Waals surface area contributed by atoms with Crippen molar-refractivity contribution < 1.29 is 15.3 Å². The SMILES string of the molecule is CC(NCc1ccc(O)c(O)c1O)c1nnc2n1CCC2. The molecule has 112 valence electrons. The van der Waals surface area contributed by atoms with Gasteiger partial charge in [-0.1, -0.05) is 6.07 Å². The van der Waals surface area contributed by atoms with Crippen LogP contribution in [-0.2, 0) is 19.5 Å². The number of aryl methyl sites for hydroxylation is 1. The summed E-state index contributed by atoms with van der Waals surface area (Å²) >= 11 is 0. The molecule has 21 heavy (non-hydrogen) atoms. The van der Waals surface area contributed by atoms with Crippen LogP contribution in [0.15, 0.2) is 12.1 Å². The largest absolute Gasteiger partial charge is 0.504 e. The lowest BCUT2D eigenvalue weighted by Crippen LogP contribution is -2.21. The van der Waals surface area contributed by atoms with Gasteiger partial charge in [0.05, 0.1) is 6.04 Å². The van der Waals surface area contributed by atoms with Crippen LogP contribution in [0.1, 0.15) is 36.6 Å². The minimum Gasteiger partial charge on any atom is -0.504 e. The zero-order valence-electron chi connectivity index (χ0n) is 11.7. The molecule has 0 aliphatic carbocycles. The van der Waals surface area contributed by atoms with Gasteiger partial charge in [-0.2, -0.15) is 0 Å². The summed E-state index contributed by atoms with van der Waals surface area (Å²) in [6, 6.07) is 2.89. The van der Waals surface area contributed by atoms with Gasteiger partial charge in [0.15, 0.2) is 11.5 Å². The van der Waals surface area contributed by atoms with Crippen molar-refractivity contribution in [2.24, 2.45) is 0 Å². The van der Waals surface area contributed by atoms with Crippen LogP contribution in [0.4, 0.5) is 0 Å². The molecule has 0 spiro atoms. The number of nitrogens with one attached hydrogen (secondary N) is 1. The van der Waals surface area contributed by atoms with Crippen LogP contribution in [0.5, 0.6) is 17.2 Å². The first-order valence-electron chi connectivity index (χ1n) is 6.96. The average Bonchev–Trinajstić information content (AvgIpc) is 3.06. The van der Waals surface area contributed by atoms with Gasteiger partial charge in [-0.25, -0.2) is 0 Å². The van der Waals surface area contributed by atoms with Crippen LogP contribution in [0.2, 0.25) is 0 Å². The first-order valence-corrected chi connectivity index (χ1v) is 6.96. The maximum absolute atomic E-state index is 9.79. The van der Waals surface area contributed by atoms with E-state index in [4.69, 9.17) is 0 Å². The number of hydrogen-bond acceptors (Lipinski definition) is 6. The summed E-state index contributed by atoms with van der Waals surface area (Å²) in [6.07, 6.45) is 2.06. The molecule has 0 radical (unpaired) electrons. The summed E-state index contributed by atoms with van der Waals surface area (Å²) in [5.74, 6) is 0.764. The quantitative estimate of drug-likeness (QED) is 0.631. The topological polar surface area (TPSA) is 103 Å². The standard InChI is InChI=1S/C14H18N4O3/c1-8(14-17-16-11-3-2-6-18(11)14)15-7-9-4-5-10(19)13(21)12(9)20/h4-5,8,15,19-21H,2-3,6-7H2,1H3. The van der Waals surface area contributed by atoms with E-state index in [-0.39, 0.29) is 17.5 Å². The third-order valence-electron chi connectivity index (χ3n) is 3.84. The van der Waals surface area contributed by atoms with E-state index in [1.807, 2.05) is 6.92 Å². The zero-order chi connectivity index (χ0) is 15.0. The molecule has 0 fully saturated rings. The molecule has 7 heteroatoms. The van der Waals surface area contributed by atoms with Crippen LogP contribution >= 0.6 is 0 Å². The van der Waals surface area contributed by atoms with E-state index in [1.165, 1.54) is 6.07 Å². The number of aromatic hydroxyl groups is 3. The van der Waals surface area contributed by atoms with Gasteiger partial charge >= 0.3 is 0 Å². The molecule has 0 saturated heterocycles. The molecular formula is C14H18N4O3. The van der Waals surface area contributed by atoms with E-state index in [0.29, 0.717) is 12.1 Å². The van der Waals surface area contributed by atoms with E-state index in [0.717, 1.165) is 31.0 Å². The third kappa shape index (κ3) is 2.40. The molecule has 1 unspecified atom stereocenters. The van der Waals surface area contributed by atoms with Crippen LogP contribution in [0.25, 0.3) is 0 Å². The lowest BCUT2D eigenvalue weighted by Gasteiger charge is -2.15. The Kier molecular flexibility index (Phi) is 3.42. The number of fused-ring (bicyclic) bond motifs is 1. The highest BCUT2D eigenvalue weighted by Crippen LogP contribution is 2.37. The molecule has 2 aromatic rings. The molecule has 1 aliphatic rings. The fraction of sp³-hybridized carbons (Fsp3) is 0.429. The number of phenols is 3. The lowest BCUT2D eigenvalue weighted by molar-refractivity contribution is 0.363. The van der Waals surface area contributed by atoms with Gasteiger partial charge in [0.25, 0.3) is 0 Å². The first-order chi connectivity index (χ1) is 10.1. The predicted molar refractivity (Wildman–Crippen MR) is 75.0 cm³/mol. The Hall–Kier alpha value is -2.28. The second-order valence-electron chi connectivity index (χ2n) is 5.27. The van der Waals surface area contributed by atoms with E-state index >= 15 is 0 Å². The predicted octanol–water partition coefficient (Wildman–Crippen LogP) is 1.19. The number of benzene rings is 1. The van der Waals surface area contributed by atoms with Gasteiger partial charge in [-0.3, -0.25) is 0 Å². The van der Waals surface area contributed by atoms with Crippen molar-refractivity contribution in [3.05, 3.63) is 29.3 Å². The molecule has 2 heterocycles. The summed E-state index contributed by atoms with van der Waals surface area (Å²) in [5, 5.41) is 40.2. The Balaban J connectivity index is 1.71. The molecule has 0 amide bonds. The monoisotopic (exact) mass is 290 g/mol. The van der Waals surface area contributed by atoms with E-state index in [2.05, 4.69) is 20.1 Å². The van der Waals surface area contributed by atoms with Gasteiger partial charge in [-0.15, -0.1) is 10.2 Å². The number of hydrogen-bond donors (Lipinski definition) is 4. The Morgan fingerprint density at radius 3 is 2.86 bits per heavy atom. The van der Waals surface area contributed by atoms with E-state index in [1.54, 1.807) is 6.07 Å².